The van der Waals surface area contributed by atoms with E-state index in [0.717, 1.165) is 21.7 Å². The number of hydrogen-bond acceptors (Lipinski definition) is 6. The number of benzene rings is 2. The van der Waals surface area contributed by atoms with Crippen molar-refractivity contribution in [2.45, 2.75) is 20.0 Å². The molecule has 0 amide bonds. The molecule has 0 aliphatic heterocycles. The molecule has 0 radical (unpaired) electrons. The molecule has 0 aliphatic carbocycles. The molecule has 0 saturated carbocycles. The normalized spacial score (nSPS) is 11.3. The third-order valence-electron chi connectivity index (χ3n) is 4.39. The van der Waals surface area contributed by atoms with E-state index < -0.39 is 0 Å². The van der Waals surface area contributed by atoms with Gasteiger partial charge in [-0.2, -0.15) is 0 Å². The van der Waals surface area contributed by atoms with Crippen molar-refractivity contribution >= 4 is 11.6 Å². The van der Waals surface area contributed by atoms with Crippen molar-refractivity contribution in [3.63, 3.8) is 0 Å². The largest absolute Gasteiger partial charge is 0.419 e. The minimum atomic E-state index is 0.402. The van der Waals surface area contributed by atoms with Crippen molar-refractivity contribution < 1.29 is 8.94 Å². The van der Waals surface area contributed by atoms with Crippen LogP contribution in [0, 0.1) is 6.92 Å². The number of aromatic nitrogens is 3. The molecule has 0 fully saturated rings. The summed E-state index contributed by atoms with van der Waals surface area (Å²) < 4.78 is 11.3. The van der Waals surface area contributed by atoms with Crippen molar-refractivity contribution in [2.24, 2.45) is 0 Å². The lowest BCUT2D eigenvalue weighted by Gasteiger charge is -2.15. The quantitative estimate of drug-likeness (QED) is 0.459. The number of halogens is 1. The van der Waals surface area contributed by atoms with E-state index in [0.29, 0.717) is 36.3 Å². The fourth-order valence-electron chi connectivity index (χ4n) is 3.04. The van der Waals surface area contributed by atoms with Crippen LogP contribution in [0.4, 0.5) is 0 Å². The Hall–Kier alpha value is -2.96. The third kappa shape index (κ3) is 3.83. The van der Waals surface area contributed by atoms with E-state index in [1.807, 2.05) is 68.6 Å². The van der Waals surface area contributed by atoms with E-state index in [2.05, 4.69) is 20.3 Å². The van der Waals surface area contributed by atoms with Gasteiger partial charge in [-0.1, -0.05) is 65.3 Å². The zero-order chi connectivity index (χ0) is 19.5. The molecule has 0 atom stereocenters. The minimum absolute atomic E-state index is 0.402. The van der Waals surface area contributed by atoms with Gasteiger partial charge in [0, 0.05) is 17.1 Å². The van der Waals surface area contributed by atoms with E-state index >= 15 is 0 Å². The first kappa shape index (κ1) is 18.4. The van der Waals surface area contributed by atoms with Gasteiger partial charge in [0.05, 0.1) is 6.54 Å². The highest BCUT2D eigenvalue weighted by molar-refractivity contribution is 6.31. The molecule has 4 rings (SSSR count). The predicted octanol–water partition coefficient (Wildman–Crippen LogP) is 4.99. The van der Waals surface area contributed by atoms with Crippen LogP contribution in [0.25, 0.3) is 22.7 Å². The topological polar surface area (TPSA) is 68.2 Å². The molecule has 2 aromatic heterocycles. The van der Waals surface area contributed by atoms with Gasteiger partial charge in [0.25, 0.3) is 5.89 Å². The highest BCUT2D eigenvalue weighted by Crippen LogP contribution is 2.33. The summed E-state index contributed by atoms with van der Waals surface area (Å²) in [6.45, 7) is 3.02. The molecule has 142 valence electrons. The van der Waals surface area contributed by atoms with Gasteiger partial charge in [-0.3, -0.25) is 4.90 Å². The summed E-state index contributed by atoms with van der Waals surface area (Å²) in [7, 11) is 1.98. The van der Waals surface area contributed by atoms with Gasteiger partial charge in [-0.25, -0.2) is 0 Å². The van der Waals surface area contributed by atoms with E-state index in [1.165, 1.54) is 0 Å². The van der Waals surface area contributed by atoms with Crippen LogP contribution in [0.1, 0.15) is 17.2 Å². The molecule has 4 aromatic rings. The van der Waals surface area contributed by atoms with Crippen LogP contribution in [0.15, 0.2) is 63.5 Å². The summed E-state index contributed by atoms with van der Waals surface area (Å²) in [5.41, 5.74) is 3.40. The molecular formula is C21H19ClN4O2. The zero-order valence-electron chi connectivity index (χ0n) is 15.6. The van der Waals surface area contributed by atoms with Gasteiger partial charge in [0.15, 0.2) is 0 Å². The van der Waals surface area contributed by atoms with Crippen molar-refractivity contribution in [1.82, 2.24) is 20.3 Å². The van der Waals surface area contributed by atoms with Crippen LogP contribution in [0.2, 0.25) is 5.02 Å². The molecule has 0 aliphatic rings. The van der Waals surface area contributed by atoms with Gasteiger partial charge in [-0.15, -0.1) is 10.2 Å². The highest BCUT2D eigenvalue weighted by atomic mass is 35.5. The molecule has 0 saturated heterocycles. The Morgan fingerprint density at radius 2 is 1.71 bits per heavy atom. The number of rotatable bonds is 6. The molecular weight excluding hydrogens is 376 g/mol. The summed E-state index contributed by atoms with van der Waals surface area (Å²) in [6, 6.07) is 17.6. The maximum atomic E-state index is 6.24. The van der Waals surface area contributed by atoms with Crippen LogP contribution < -0.4 is 0 Å². The molecule has 0 bridgehead atoms. The molecule has 0 spiro atoms. The predicted molar refractivity (Wildman–Crippen MR) is 107 cm³/mol. The lowest BCUT2D eigenvalue weighted by Crippen LogP contribution is -2.17. The standard InChI is InChI=1S/C21H19ClN4O2/c1-14-19(20(25-28-14)15-8-4-3-5-9-15)21-24-23-18(27-21)13-26(2)12-16-10-6-7-11-17(16)22/h3-11H,12-13H2,1-2H3. The van der Waals surface area contributed by atoms with E-state index in [4.69, 9.17) is 20.5 Å². The molecule has 2 aromatic carbocycles. The lowest BCUT2D eigenvalue weighted by atomic mass is 10.1. The van der Waals surface area contributed by atoms with Crippen LogP contribution in [0.3, 0.4) is 0 Å². The summed E-state index contributed by atoms with van der Waals surface area (Å²) in [5.74, 6) is 1.56. The van der Waals surface area contributed by atoms with Crippen molar-refractivity contribution in [2.75, 3.05) is 7.05 Å². The minimum Gasteiger partial charge on any atom is -0.419 e. The maximum absolute atomic E-state index is 6.24. The molecule has 28 heavy (non-hydrogen) atoms. The Balaban J connectivity index is 1.54. The molecule has 0 N–H and O–H groups in total. The highest BCUT2D eigenvalue weighted by Gasteiger charge is 2.22. The third-order valence-corrected chi connectivity index (χ3v) is 4.76. The first-order valence-corrected chi connectivity index (χ1v) is 9.26. The SMILES string of the molecule is Cc1onc(-c2ccccc2)c1-c1nnc(CN(C)Cc2ccccc2Cl)o1. The van der Waals surface area contributed by atoms with Crippen molar-refractivity contribution in [3.8, 4) is 22.7 Å². The average molecular weight is 395 g/mol. The van der Waals surface area contributed by atoms with E-state index in [-0.39, 0.29) is 0 Å². The molecule has 7 heteroatoms. The second-order valence-corrected chi connectivity index (χ2v) is 7.00. The van der Waals surface area contributed by atoms with Crippen LogP contribution >= 0.6 is 11.6 Å². The first-order valence-electron chi connectivity index (χ1n) is 8.88. The number of hydrogen-bond donors (Lipinski definition) is 0. The smallest absolute Gasteiger partial charge is 0.253 e. The van der Waals surface area contributed by atoms with Gasteiger partial charge in [-0.05, 0) is 25.6 Å². The van der Waals surface area contributed by atoms with Crippen molar-refractivity contribution in [3.05, 3.63) is 76.8 Å². The molecule has 2 heterocycles. The van der Waals surface area contributed by atoms with Gasteiger partial charge in [0.2, 0.25) is 5.89 Å². The molecule has 6 nitrogen and oxygen atoms in total. The van der Waals surface area contributed by atoms with E-state index in [9.17, 15) is 0 Å². The van der Waals surface area contributed by atoms with Gasteiger partial charge < -0.3 is 8.94 Å². The van der Waals surface area contributed by atoms with Crippen LogP contribution in [-0.4, -0.2) is 27.3 Å². The second-order valence-electron chi connectivity index (χ2n) is 6.59. The van der Waals surface area contributed by atoms with Crippen LogP contribution in [0.5, 0.6) is 0 Å². The average Bonchev–Trinajstić information content (AvgIpc) is 3.30. The Kier molecular flexibility index (Phi) is 5.23. The monoisotopic (exact) mass is 394 g/mol. The summed E-state index contributed by atoms with van der Waals surface area (Å²) in [5, 5.41) is 13.3. The van der Waals surface area contributed by atoms with Crippen molar-refractivity contribution in [1.29, 1.82) is 0 Å². The van der Waals surface area contributed by atoms with Gasteiger partial charge >= 0.3 is 0 Å². The maximum Gasteiger partial charge on any atom is 0.253 e. The van der Waals surface area contributed by atoms with Crippen LogP contribution in [-0.2, 0) is 13.1 Å². The van der Waals surface area contributed by atoms with E-state index in [1.54, 1.807) is 0 Å². The summed E-state index contributed by atoms with van der Waals surface area (Å²) in [4.78, 5) is 2.07. The Morgan fingerprint density at radius 3 is 2.50 bits per heavy atom. The first-order chi connectivity index (χ1) is 13.6. The number of nitrogens with zero attached hydrogens (tertiary/aromatic N) is 4. The fraction of sp³-hybridized carbons (Fsp3) is 0.190. The summed E-state index contributed by atoms with van der Waals surface area (Å²) in [6.07, 6.45) is 0. The Labute approximate surface area is 167 Å². The Morgan fingerprint density at radius 1 is 0.964 bits per heavy atom. The zero-order valence-corrected chi connectivity index (χ0v) is 16.3. The second kappa shape index (κ2) is 7.96. The lowest BCUT2D eigenvalue weighted by molar-refractivity contribution is 0.283. The van der Waals surface area contributed by atoms with Gasteiger partial charge in [0.1, 0.15) is 17.0 Å². The molecule has 0 unspecified atom stereocenters. The fourth-order valence-corrected chi connectivity index (χ4v) is 3.24. The number of aryl methyl sites for hydroxylation is 1. The Bertz CT molecular complexity index is 1070. The summed E-state index contributed by atoms with van der Waals surface area (Å²) >= 11 is 6.24.